The number of hydrogen-bond acceptors (Lipinski definition) is 4. The van der Waals surface area contributed by atoms with Gasteiger partial charge in [-0.15, -0.1) is 0 Å². The first kappa shape index (κ1) is 26.2. The molecule has 0 heterocycles. The van der Waals surface area contributed by atoms with Crippen LogP contribution in [0.3, 0.4) is 0 Å². The van der Waals surface area contributed by atoms with Crippen LogP contribution >= 0.6 is 0 Å². The number of aliphatic hydroxyl groups is 1. The molecule has 0 bridgehead atoms. The molecule has 0 aliphatic heterocycles. The molecule has 0 fully saturated rings. The molecule has 0 spiro atoms. The molecule has 2 aromatic rings. The second kappa shape index (κ2) is 12.2. The summed E-state index contributed by atoms with van der Waals surface area (Å²) in [7, 11) is 0. The number of carbonyl (C=O) groups is 2. The number of rotatable bonds is 10. The highest BCUT2D eigenvalue weighted by atomic mass is 19.4. The van der Waals surface area contributed by atoms with Crippen molar-refractivity contribution in [2.75, 3.05) is 0 Å². The molecule has 180 valence electrons. The average molecular weight is 467 g/mol. The Morgan fingerprint density at radius 2 is 1.48 bits per heavy atom. The molecule has 3 N–H and O–H groups in total. The zero-order valence-corrected chi connectivity index (χ0v) is 18.5. The first-order chi connectivity index (χ1) is 15.6. The Morgan fingerprint density at radius 1 is 0.939 bits per heavy atom. The quantitative estimate of drug-likeness (QED) is 0.494. The van der Waals surface area contributed by atoms with E-state index in [1.165, 1.54) is 0 Å². The molecule has 6 nitrogen and oxygen atoms in total. The number of hydrogen-bond donors (Lipinski definition) is 3. The van der Waals surface area contributed by atoms with Gasteiger partial charge in [0.1, 0.15) is 12.6 Å². The smallest absolute Gasteiger partial charge is 0.416 e. The van der Waals surface area contributed by atoms with Gasteiger partial charge in [0.15, 0.2) is 6.10 Å². The van der Waals surface area contributed by atoms with Gasteiger partial charge in [0.05, 0.1) is 6.04 Å². The van der Waals surface area contributed by atoms with Gasteiger partial charge in [0.2, 0.25) is 5.91 Å². The topological polar surface area (TPSA) is 87.7 Å². The third-order valence-electron chi connectivity index (χ3n) is 5.07. The second-order valence-electron chi connectivity index (χ2n) is 8.05. The summed E-state index contributed by atoms with van der Waals surface area (Å²) >= 11 is 0. The van der Waals surface area contributed by atoms with E-state index in [4.69, 9.17) is 4.74 Å². The van der Waals surface area contributed by atoms with Crippen LogP contribution in [0.2, 0.25) is 0 Å². The summed E-state index contributed by atoms with van der Waals surface area (Å²) < 4.78 is 44.8. The van der Waals surface area contributed by atoms with Crippen LogP contribution in [0.1, 0.15) is 31.4 Å². The molecule has 9 heteroatoms. The van der Waals surface area contributed by atoms with Gasteiger partial charge in [-0.25, -0.2) is 4.79 Å². The van der Waals surface area contributed by atoms with E-state index in [0.29, 0.717) is 0 Å². The number of alkyl carbamates (subject to hydrolysis) is 1. The van der Waals surface area contributed by atoms with Gasteiger partial charge >= 0.3 is 12.3 Å². The summed E-state index contributed by atoms with van der Waals surface area (Å²) in [5, 5.41) is 14.5. The van der Waals surface area contributed by atoms with Gasteiger partial charge in [-0.1, -0.05) is 74.5 Å². The minimum atomic E-state index is -4.91. The van der Waals surface area contributed by atoms with Crippen LogP contribution in [0, 0.1) is 5.92 Å². The highest BCUT2D eigenvalue weighted by Gasteiger charge is 2.44. The molecule has 2 aromatic carbocycles. The SMILES string of the molecule is CC(C)[C@H](NC(=O)OCc1ccccc1)C(=O)N[C@@H](CCc1ccccc1)[C@@H](O)C(F)(F)F. The van der Waals surface area contributed by atoms with Crippen molar-refractivity contribution in [3.63, 3.8) is 0 Å². The summed E-state index contributed by atoms with van der Waals surface area (Å²) in [6.45, 7) is 3.26. The second-order valence-corrected chi connectivity index (χ2v) is 8.05. The van der Waals surface area contributed by atoms with Crippen molar-refractivity contribution in [3.05, 3.63) is 71.8 Å². The van der Waals surface area contributed by atoms with Gasteiger partial charge in [0, 0.05) is 0 Å². The van der Waals surface area contributed by atoms with Crippen LogP contribution in [0.5, 0.6) is 0 Å². The monoisotopic (exact) mass is 466 g/mol. The van der Waals surface area contributed by atoms with Gasteiger partial charge < -0.3 is 20.5 Å². The normalized spacial score (nSPS) is 14.3. The Bertz CT molecular complexity index is 876. The van der Waals surface area contributed by atoms with Crippen LogP contribution < -0.4 is 10.6 Å². The molecule has 2 rings (SSSR count). The van der Waals surface area contributed by atoms with Crippen molar-refractivity contribution >= 4 is 12.0 Å². The lowest BCUT2D eigenvalue weighted by Gasteiger charge is -2.29. The van der Waals surface area contributed by atoms with Gasteiger partial charge in [-0.05, 0) is 29.9 Å². The molecular formula is C24H29F3N2O4. The lowest BCUT2D eigenvalue weighted by molar-refractivity contribution is -0.212. The largest absolute Gasteiger partial charge is 0.445 e. The summed E-state index contributed by atoms with van der Waals surface area (Å²) in [6, 6.07) is 15.0. The zero-order valence-electron chi connectivity index (χ0n) is 18.5. The Labute approximate surface area is 191 Å². The number of aryl methyl sites for hydroxylation is 1. The van der Waals surface area contributed by atoms with E-state index in [1.54, 1.807) is 68.4 Å². The summed E-state index contributed by atoms with van der Waals surface area (Å²) in [6.07, 6.45) is -8.45. The van der Waals surface area contributed by atoms with E-state index in [0.717, 1.165) is 11.1 Å². The van der Waals surface area contributed by atoms with Crippen LogP contribution in [0.4, 0.5) is 18.0 Å². The molecule has 0 aromatic heterocycles. The lowest BCUT2D eigenvalue weighted by Crippen LogP contribution is -2.56. The van der Waals surface area contributed by atoms with Crippen LogP contribution in [-0.2, 0) is 22.6 Å². The molecule has 0 saturated carbocycles. The van der Waals surface area contributed by atoms with Crippen molar-refractivity contribution in [3.8, 4) is 0 Å². The zero-order chi connectivity index (χ0) is 24.4. The maximum atomic E-state index is 13.2. The average Bonchev–Trinajstić information content (AvgIpc) is 2.78. The highest BCUT2D eigenvalue weighted by Crippen LogP contribution is 2.25. The minimum absolute atomic E-state index is 0.0222. The minimum Gasteiger partial charge on any atom is -0.445 e. The van der Waals surface area contributed by atoms with Crippen molar-refractivity contribution in [2.45, 2.75) is 57.7 Å². The number of benzene rings is 2. The first-order valence-corrected chi connectivity index (χ1v) is 10.6. The first-order valence-electron chi connectivity index (χ1n) is 10.6. The van der Waals surface area contributed by atoms with Crippen molar-refractivity contribution in [1.29, 1.82) is 0 Å². The van der Waals surface area contributed by atoms with Crippen LogP contribution in [0.15, 0.2) is 60.7 Å². The third-order valence-corrected chi connectivity index (χ3v) is 5.07. The Balaban J connectivity index is 2.03. The molecule has 0 unspecified atom stereocenters. The molecular weight excluding hydrogens is 437 g/mol. The Kier molecular flexibility index (Phi) is 9.72. The van der Waals surface area contributed by atoms with Crippen molar-refractivity contribution < 1.29 is 32.6 Å². The number of halogens is 3. The third kappa shape index (κ3) is 8.76. The van der Waals surface area contributed by atoms with E-state index in [-0.39, 0.29) is 19.4 Å². The lowest BCUT2D eigenvalue weighted by atomic mass is 9.98. The van der Waals surface area contributed by atoms with E-state index in [9.17, 15) is 27.9 Å². The van der Waals surface area contributed by atoms with E-state index >= 15 is 0 Å². The number of nitrogens with one attached hydrogen (secondary N) is 2. The molecule has 0 saturated heterocycles. The Morgan fingerprint density at radius 3 is 2.00 bits per heavy atom. The summed E-state index contributed by atoms with van der Waals surface area (Å²) in [5.41, 5.74) is 1.52. The van der Waals surface area contributed by atoms with Crippen molar-refractivity contribution in [2.24, 2.45) is 5.92 Å². The number of carbonyl (C=O) groups excluding carboxylic acids is 2. The maximum Gasteiger partial charge on any atom is 0.416 e. The molecule has 0 radical (unpaired) electrons. The predicted octanol–water partition coefficient (Wildman–Crippen LogP) is 3.98. The highest BCUT2D eigenvalue weighted by molar-refractivity contribution is 5.86. The van der Waals surface area contributed by atoms with Gasteiger partial charge in [0.25, 0.3) is 0 Å². The number of amides is 2. The van der Waals surface area contributed by atoms with Gasteiger partial charge in [-0.2, -0.15) is 13.2 Å². The molecule has 33 heavy (non-hydrogen) atoms. The van der Waals surface area contributed by atoms with E-state index < -0.39 is 42.3 Å². The number of ether oxygens (including phenoxy) is 1. The fourth-order valence-corrected chi connectivity index (χ4v) is 3.20. The van der Waals surface area contributed by atoms with E-state index in [1.807, 2.05) is 6.07 Å². The molecule has 0 aliphatic rings. The van der Waals surface area contributed by atoms with Crippen molar-refractivity contribution in [1.82, 2.24) is 10.6 Å². The summed E-state index contributed by atoms with van der Waals surface area (Å²) in [4.78, 5) is 25.0. The Hall–Kier alpha value is -3.07. The standard InChI is InChI=1S/C24H29F3N2O4/c1-16(2)20(29-23(32)33-15-18-11-7-4-8-12-18)22(31)28-19(21(30)24(25,26)27)14-13-17-9-5-3-6-10-17/h3-12,16,19-21,30H,13-15H2,1-2H3,(H,28,31)(H,29,32)/t19-,20-,21+/m0/s1. The van der Waals surface area contributed by atoms with Crippen LogP contribution in [0.25, 0.3) is 0 Å². The molecule has 0 aliphatic carbocycles. The van der Waals surface area contributed by atoms with Gasteiger partial charge in [-0.3, -0.25) is 4.79 Å². The number of alkyl halides is 3. The molecule has 3 atom stereocenters. The molecule has 2 amide bonds. The number of aliphatic hydroxyl groups excluding tert-OH is 1. The maximum absolute atomic E-state index is 13.2. The summed E-state index contributed by atoms with van der Waals surface area (Å²) in [5.74, 6) is -1.27. The fourth-order valence-electron chi connectivity index (χ4n) is 3.20. The van der Waals surface area contributed by atoms with E-state index in [2.05, 4.69) is 10.6 Å². The van der Waals surface area contributed by atoms with Crippen LogP contribution in [-0.4, -0.2) is 41.5 Å². The fraction of sp³-hybridized carbons (Fsp3) is 0.417. The predicted molar refractivity (Wildman–Crippen MR) is 117 cm³/mol.